The van der Waals surface area contributed by atoms with E-state index in [1.165, 1.54) is 11.8 Å². The van der Waals surface area contributed by atoms with Crippen molar-refractivity contribution in [3.63, 3.8) is 0 Å². The molecule has 0 saturated carbocycles. The van der Waals surface area contributed by atoms with Crippen LogP contribution in [-0.2, 0) is 11.8 Å². The zero-order chi connectivity index (χ0) is 23.5. The highest BCUT2D eigenvalue weighted by molar-refractivity contribution is 7.99. The van der Waals surface area contributed by atoms with Crippen LogP contribution in [-0.4, -0.2) is 43.8 Å². The minimum absolute atomic E-state index is 0.0284. The van der Waals surface area contributed by atoms with Gasteiger partial charge in [0.2, 0.25) is 5.91 Å². The van der Waals surface area contributed by atoms with E-state index in [9.17, 15) is 9.59 Å². The Kier molecular flexibility index (Phi) is 6.83. The number of carbonyl (C=O) groups excluding carboxylic acids is 2. The lowest BCUT2D eigenvalue weighted by Gasteiger charge is -2.24. The van der Waals surface area contributed by atoms with E-state index in [0.29, 0.717) is 11.7 Å². The van der Waals surface area contributed by atoms with Gasteiger partial charge < -0.3 is 14.8 Å². The van der Waals surface area contributed by atoms with E-state index in [2.05, 4.69) is 15.5 Å². The van der Waals surface area contributed by atoms with E-state index in [1.807, 2.05) is 79.8 Å². The minimum atomic E-state index is -0.118. The molecule has 0 spiro atoms. The molecule has 1 aromatic heterocycles. The third-order valence-electron chi connectivity index (χ3n) is 6.06. The molecule has 1 fully saturated rings. The third kappa shape index (κ3) is 4.95. The summed E-state index contributed by atoms with van der Waals surface area (Å²) in [6.45, 7) is 6.63. The fraction of sp³-hybridized carbons (Fsp3) is 0.360. The number of nitrogens with zero attached hydrogens (tertiary/aromatic N) is 4. The van der Waals surface area contributed by atoms with Gasteiger partial charge in [-0.25, -0.2) is 0 Å². The monoisotopic (exact) mass is 463 g/mol. The molecule has 1 aliphatic rings. The lowest BCUT2D eigenvalue weighted by molar-refractivity contribution is -0.113. The van der Waals surface area contributed by atoms with Gasteiger partial charge in [0.25, 0.3) is 5.91 Å². The van der Waals surface area contributed by atoms with Crippen molar-refractivity contribution in [2.45, 2.75) is 44.8 Å². The Bertz CT molecular complexity index is 1190. The van der Waals surface area contributed by atoms with Gasteiger partial charge in [-0.05, 0) is 62.4 Å². The van der Waals surface area contributed by atoms with Crippen molar-refractivity contribution in [2.24, 2.45) is 7.05 Å². The number of aryl methyl sites for hydroxylation is 3. The van der Waals surface area contributed by atoms with Crippen LogP contribution in [0.2, 0.25) is 0 Å². The molecule has 1 saturated heterocycles. The van der Waals surface area contributed by atoms with Gasteiger partial charge in [0.1, 0.15) is 0 Å². The molecule has 2 amide bonds. The molecule has 3 aromatic rings. The topological polar surface area (TPSA) is 80.1 Å². The molecule has 8 heteroatoms. The predicted octanol–water partition coefficient (Wildman–Crippen LogP) is 4.45. The number of anilines is 1. The molecule has 1 aliphatic heterocycles. The fourth-order valence-electron chi connectivity index (χ4n) is 4.17. The van der Waals surface area contributed by atoms with E-state index >= 15 is 0 Å². The van der Waals surface area contributed by atoms with Gasteiger partial charge in [-0.1, -0.05) is 42.1 Å². The minimum Gasteiger partial charge on any atom is -0.328 e. The van der Waals surface area contributed by atoms with Gasteiger partial charge >= 0.3 is 0 Å². The Morgan fingerprint density at radius 1 is 1.09 bits per heavy atom. The third-order valence-corrected chi connectivity index (χ3v) is 7.08. The second-order valence-electron chi connectivity index (χ2n) is 8.53. The second kappa shape index (κ2) is 9.79. The maximum Gasteiger partial charge on any atom is 0.254 e. The van der Waals surface area contributed by atoms with Gasteiger partial charge in [-0.2, -0.15) is 0 Å². The number of rotatable bonds is 6. The molecule has 1 N–H and O–H groups in total. The van der Waals surface area contributed by atoms with Crippen LogP contribution >= 0.6 is 11.8 Å². The summed E-state index contributed by atoms with van der Waals surface area (Å²) in [5, 5.41) is 12.4. The molecular formula is C25H29N5O2S. The quantitative estimate of drug-likeness (QED) is 0.547. The molecule has 7 nitrogen and oxygen atoms in total. The van der Waals surface area contributed by atoms with Crippen LogP contribution < -0.4 is 5.32 Å². The normalized spacial score (nSPS) is 15.6. The van der Waals surface area contributed by atoms with E-state index in [4.69, 9.17) is 0 Å². The molecule has 33 heavy (non-hydrogen) atoms. The molecule has 4 rings (SSSR count). The number of likely N-dealkylation sites (tertiary alicyclic amines) is 1. The smallest absolute Gasteiger partial charge is 0.254 e. The summed E-state index contributed by atoms with van der Waals surface area (Å²) in [7, 11) is 1.90. The average molecular weight is 464 g/mol. The fourth-order valence-corrected chi connectivity index (χ4v) is 4.89. The van der Waals surface area contributed by atoms with Crippen LogP contribution in [0.3, 0.4) is 0 Å². The number of hydrogen-bond donors (Lipinski definition) is 1. The largest absolute Gasteiger partial charge is 0.328 e. The average Bonchev–Trinajstić information content (AvgIpc) is 3.41. The van der Waals surface area contributed by atoms with Crippen molar-refractivity contribution in [3.05, 3.63) is 70.5 Å². The summed E-state index contributed by atoms with van der Waals surface area (Å²) in [4.78, 5) is 27.6. The summed E-state index contributed by atoms with van der Waals surface area (Å²) in [6, 6.07) is 13.5. The van der Waals surface area contributed by atoms with Gasteiger partial charge in [-0.3, -0.25) is 9.59 Å². The van der Waals surface area contributed by atoms with Crippen molar-refractivity contribution in [2.75, 3.05) is 17.6 Å². The van der Waals surface area contributed by atoms with Gasteiger partial charge in [0.05, 0.1) is 11.8 Å². The maximum atomic E-state index is 13.2. The van der Waals surface area contributed by atoms with Gasteiger partial charge in [0.15, 0.2) is 11.0 Å². The van der Waals surface area contributed by atoms with E-state index < -0.39 is 0 Å². The Balaban J connectivity index is 1.44. The van der Waals surface area contributed by atoms with Crippen molar-refractivity contribution >= 4 is 29.3 Å². The molecular weight excluding hydrogens is 434 g/mol. The van der Waals surface area contributed by atoms with Crippen LogP contribution in [0.5, 0.6) is 0 Å². The summed E-state index contributed by atoms with van der Waals surface area (Å²) < 4.78 is 1.91. The number of hydrogen-bond acceptors (Lipinski definition) is 5. The SMILES string of the molecule is Cc1ccc(C)c(NC(=O)CSc2nnc(C3CCCN3C(=O)c3ccccc3C)n2C)c1. The van der Waals surface area contributed by atoms with Crippen molar-refractivity contribution in [3.8, 4) is 0 Å². The first-order valence-electron chi connectivity index (χ1n) is 11.1. The summed E-state index contributed by atoms with van der Waals surface area (Å²) >= 11 is 1.35. The Labute approximate surface area is 198 Å². The van der Waals surface area contributed by atoms with E-state index in [1.54, 1.807) is 0 Å². The summed E-state index contributed by atoms with van der Waals surface area (Å²) in [5.41, 5.74) is 4.65. The number of thioether (sulfide) groups is 1. The highest BCUT2D eigenvalue weighted by Crippen LogP contribution is 2.33. The first kappa shape index (κ1) is 23.0. The number of aromatic nitrogens is 3. The maximum absolute atomic E-state index is 13.2. The van der Waals surface area contributed by atoms with Crippen LogP contribution in [0, 0.1) is 20.8 Å². The Morgan fingerprint density at radius 2 is 1.88 bits per heavy atom. The summed E-state index contributed by atoms with van der Waals surface area (Å²) in [5.74, 6) is 0.929. The van der Waals surface area contributed by atoms with Crippen molar-refractivity contribution in [1.82, 2.24) is 19.7 Å². The van der Waals surface area contributed by atoms with Gasteiger partial charge in [-0.15, -0.1) is 10.2 Å². The van der Waals surface area contributed by atoms with Crippen LogP contribution in [0.15, 0.2) is 47.6 Å². The molecule has 172 valence electrons. The lowest BCUT2D eigenvalue weighted by Crippen LogP contribution is -2.32. The predicted molar refractivity (Wildman–Crippen MR) is 130 cm³/mol. The highest BCUT2D eigenvalue weighted by atomic mass is 32.2. The van der Waals surface area contributed by atoms with E-state index in [0.717, 1.165) is 46.6 Å². The Morgan fingerprint density at radius 3 is 2.67 bits per heavy atom. The molecule has 0 bridgehead atoms. The molecule has 0 radical (unpaired) electrons. The first-order chi connectivity index (χ1) is 15.8. The highest BCUT2D eigenvalue weighted by Gasteiger charge is 2.34. The number of nitrogens with one attached hydrogen (secondary N) is 1. The molecule has 2 aromatic carbocycles. The standard InChI is InChI=1S/C25H29N5O2S/c1-16-11-12-18(3)20(14-16)26-22(31)15-33-25-28-27-23(29(25)4)21-10-7-13-30(21)24(32)19-9-6-5-8-17(19)2/h5-6,8-9,11-12,14,21H,7,10,13,15H2,1-4H3,(H,26,31). The number of amides is 2. The van der Waals surface area contributed by atoms with Crippen LogP contribution in [0.25, 0.3) is 0 Å². The zero-order valence-corrected chi connectivity index (χ0v) is 20.3. The molecule has 0 aliphatic carbocycles. The summed E-state index contributed by atoms with van der Waals surface area (Å²) in [6.07, 6.45) is 1.78. The van der Waals surface area contributed by atoms with Crippen LogP contribution in [0.4, 0.5) is 5.69 Å². The number of carbonyl (C=O) groups is 2. The molecule has 1 atom stereocenters. The molecule has 1 unspecified atom stereocenters. The van der Waals surface area contributed by atoms with Crippen molar-refractivity contribution < 1.29 is 9.59 Å². The number of benzene rings is 2. The zero-order valence-electron chi connectivity index (χ0n) is 19.5. The first-order valence-corrected chi connectivity index (χ1v) is 12.1. The van der Waals surface area contributed by atoms with Gasteiger partial charge in [0, 0.05) is 24.8 Å². The Hall–Kier alpha value is -3.13. The van der Waals surface area contributed by atoms with Crippen LogP contribution in [0.1, 0.15) is 51.8 Å². The van der Waals surface area contributed by atoms with Crippen molar-refractivity contribution in [1.29, 1.82) is 0 Å². The molecule has 2 heterocycles. The van der Waals surface area contributed by atoms with E-state index in [-0.39, 0.29) is 23.6 Å². The lowest BCUT2D eigenvalue weighted by atomic mass is 10.1. The second-order valence-corrected chi connectivity index (χ2v) is 9.47.